The topological polar surface area (TPSA) is 88.8 Å². The Kier molecular flexibility index (Phi) is 7.33. The minimum absolute atomic E-state index is 0.0767. The first-order valence-electron chi connectivity index (χ1n) is 10.4. The summed E-state index contributed by atoms with van der Waals surface area (Å²) in [7, 11) is 0. The van der Waals surface area contributed by atoms with Gasteiger partial charge in [-0.3, -0.25) is 4.57 Å². The van der Waals surface area contributed by atoms with Crippen molar-refractivity contribution in [1.29, 1.82) is 0 Å². The minimum atomic E-state index is -2.73. The van der Waals surface area contributed by atoms with Gasteiger partial charge in [0.15, 0.2) is 18.3 Å². The number of hydrazine groups is 1. The van der Waals surface area contributed by atoms with Crippen molar-refractivity contribution in [1.82, 2.24) is 29.5 Å². The monoisotopic (exact) mass is 448 g/mol. The first kappa shape index (κ1) is 22.6. The lowest BCUT2D eigenvalue weighted by Gasteiger charge is -2.45. The minimum Gasteiger partial charge on any atom is -0.376 e. The number of para-hydroxylation sites is 2. The van der Waals surface area contributed by atoms with E-state index in [-0.39, 0.29) is 11.9 Å². The number of aromatic nitrogens is 4. The molecular weight excluding hydrogens is 422 g/mol. The molecule has 0 spiro atoms. The number of aliphatic hydroxyl groups is 1. The van der Waals surface area contributed by atoms with E-state index < -0.39 is 18.9 Å². The molecule has 2 saturated heterocycles. The molecule has 172 valence electrons. The van der Waals surface area contributed by atoms with Crippen LogP contribution >= 0.6 is 0 Å². The van der Waals surface area contributed by atoms with Crippen molar-refractivity contribution in [3.63, 3.8) is 0 Å². The third-order valence-electron chi connectivity index (χ3n) is 5.25. The molecule has 1 N–H and O–H groups in total. The molecule has 5 rings (SSSR count). The van der Waals surface area contributed by atoms with Crippen molar-refractivity contribution in [2.45, 2.75) is 32.0 Å². The fourth-order valence-corrected chi connectivity index (χ4v) is 3.91. The molecular formula is C21H26F2N6O3. The smallest absolute Gasteiger partial charge is 0.295 e. The molecule has 0 aliphatic carbocycles. The van der Waals surface area contributed by atoms with E-state index in [2.05, 4.69) is 20.0 Å². The zero-order valence-corrected chi connectivity index (χ0v) is 17.7. The molecule has 2 aliphatic rings. The summed E-state index contributed by atoms with van der Waals surface area (Å²) in [6.45, 7) is 4.60. The van der Waals surface area contributed by atoms with Gasteiger partial charge in [0.1, 0.15) is 6.33 Å². The van der Waals surface area contributed by atoms with Gasteiger partial charge in [0, 0.05) is 25.5 Å². The Morgan fingerprint density at radius 2 is 1.84 bits per heavy atom. The summed E-state index contributed by atoms with van der Waals surface area (Å²) < 4.78 is 39.7. The second-order valence-electron chi connectivity index (χ2n) is 7.54. The molecule has 2 aliphatic heterocycles. The number of fused-ring (bicyclic) bond motifs is 1. The average Bonchev–Trinajstić information content (AvgIpc) is 3.20. The Labute approximate surface area is 184 Å². The van der Waals surface area contributed by atoms with Gasteiger partial charge in [-0.2, -0.15) is 0 Å². The van der Waals surface area contributed by atoms with Gasteiger partial charge in [0.25, 0.3) is 6.43 Å². The number of β-amino-alcohol motifs (C(OH)–C–C–N with tert-alkyl or cyclic N) is 1. The van der Waals surface area contributed by atoms with Crippen molar-refractivity contribution >= 4 is 11.0 Å². The van der Waals surface area contributed by atoms with Crippen LogP contribution in [-0.2, 0) is 9.47 Å². The van der Waals surface area contributed by atoms with E-state index in [0.717, 1.165) is 0 Å². The Hall–Kier alpha value is -2.57. The molecule has 4 heterocycles. The second kappa shape index (κ2) is 10.4. The van der Waals surface area contributed by atoms with E-state index in [4.69, 9.17) is 9.47 Å². The molecule has 0 saturated carbocycles. The number of hydrogen-bond acceptors (Lipinski definition) is 8. The summed E-state index contributed by atoms with van der Waals surface area (Å²) in [4.78, 5) is 11.4. The van der Waals surface area contributed by atoms with Gasteiger partial charge in [-0.25, -0.2) is 33.8 Å². The third kappa shape index (κ3) is 5.25. The number of alkyl halides is 2. The average molecular weight is 448 g/mol. The molecule has 2 aromatic heterocycles. The van der Waals surface area contributed by atoms with Crippen molar-refractivity contribution in [3.8, 4) is 0 Å². The number of nitrogens with zero attached hydrogens (tertiary/aromatic N) is 6. The van der Waals surface area contributed by atoms with Gasteiger partial charge < -0.3 is 14.6 Å². The summed E-state index contributed by atoms with van der Waals surface area (Å²) in [6, 6.07) is 8.74. The lowest BCUT2D eigenvalue weighted by atomic mass is 10.3. The summed E-state index contributed by atoms with van der Waals surface area (Å²) in [5.41, 5.74) is 1.05. The predicted octanol–water partition coefficient (Wildman–Crippen LogP) is 2.24. The lowest BCUT2D eigenvalue weighted by molar-refractivity contribution is -0.254. The third-order valence-corrected chi connectivity index (χ3v) is 5.25. The standard InChI is InChI=1S/C17H22F2N4O3.C4H4N2/c1-11-8-21(6-7-25-11)22-9-14(26-15(24)10-22)23-13-5-3-2-4-12(13)20-17(23)16(18)19;1-2-5-4-6-3-1/h2-5,11,14-16,24H,6-10H2,1H3;1-4H. The van der Waals surface area contributed by atoms with Crippen LogP contribution in [0, 0.1) is 0 Å². The predicted molar refractivity (Wildman–Crippen MR) is 111 cm³/mol. The van der Waals surface area contributed by atoms with Crippen LogP contribution < -0.4 is 0 Å². The van der Waals surface area contributed by atoms with E-state index in [9.17, 15) is 13.9 Å². The first-order chi connectivity index (χ1) is 15.5. The van der Waals surface area contributed by atoms with Gasteiger partial charge in [0.05, 0.1) is 36.8 Å². The van der Waals surface area contributed by atoms with Crippen molar-refractivity contribution in [2.24, 2.45) is 0 Å². The van der Waals surface area contributed by atoms with Gasteiger partial charge in [-0.1, -0.05) is 12.1 Å². The van der Waals surface area contributed by atoms with Crippen LogP contribution in [-0.4, -0.2) is 79.8 Å². The molecule has 3 atom stereocenters. The Morgan fingerprint density at radius 3 is 2.50 bits per heavy atom. The Bertz CT molecular complexity index is 965. The summed E-state index contributed by atoms with van der Waals surface area (Å²) in [5.74, 6) is -0.347. The van der Waals surface area contributed by atoms with Crippen LogP contribution in [0.5, 0.6) is 0 Å². The van der Waals surface area contributed by atoms with E-state index in [0.29, 0.717) is 43.8 Å². The van der Waals surface area contributed by atoms with Gasteiger partial charge >= 0.3 is 0 Å². The SMILES string of the molecule is CC1CN(N2CC(O)OC(n3c(C(F)F)nc4ccccc43)C2)CCO1.c1cncnc1. The van der Waals surface area contributed by atoms with Crippen LogP contribution in [0.15, 0.2) is 49.1 Å². The maximum absolute atomic E-state index is 13.6. The van der Waals surface area contributed by atoms with Crippen LogP contribution in [0.2, 0.25) is 0 Å². The number of aliphatic hydroxyl groups excluding tert-OH is 1. The molecule has 11 heteroatoms. The summed E-state index contributed by atoms with van der Waals surface area (Å²) >= 11 is 0. The van der Waals surface area contributed by atoms with E-state index in [1.54, 1.807) is 42.7 Å². The highest BCUT2D eigenvalue weighted by Gasteiger charge is 2.35. The Balaban J connectivity index is 0.000000354. The number of benzene rings is 1. The van der Waals surface area contributed by atoms with Crippen molar-refractivity contribution < 1.29 is 23.4 Å². The quantitative estimate of drug-likeness (QED) is 0.653. The molecule has 32 heavy (non-hydrogen) atoms. The normalized spacial score (nSPS) is 25.0. The lowest BCUT2D eigenvalue weighted by Crippen LogP contribution is -2.57. The molecule has 9 nitrogen and oxygen atoms in total. The molecule has 0 amide bonds. The number of morpholine rings is 2. The molecule has 3 unspecified atom stereocenters. The van der Waals surface area contributed by atoms with Gasteiger partial charge in [-0.05, 0) is 25.1 Å². The van der Waals surface area contributed by atoms with Crippen molar-refractivity contribution in [2.75, 3.05) is 32.8 Å². The van der Waals surface area contributed by atoms with E-state index >= 15 is 0 Å². The number of rotatable bonds is 3. The molecule has 3 aromatic rings. The largest absolute Gasteiger partial charge is 0.376 e. The second-order valence-corrected chi connectivity index (χ2v) is 7.54. The number of imidazole rings is 1. The zero-order chi connectivity index (χ0) is 22.5. The number of halogens is 2. The zero-order valence-electron chi connectivity index (χ0n) is 17.7. The molecule has 1 aromatic carbocycles. The van der Waals surface area contributed by atoms with E-state index in [1.807, 2.05) is 11.9 Å². The highest BCUT2D eigenvalue weighted by Crippen LogP contribution is 2.31. The highest BCUT2D eigenvalue weighted by atomic mass is 19.3. The van der Waals surface area contributed by atoms with Crippen LogP contribution in [0.4, 0.5) is 8.78 Å². The maximum Gasteiger partial charge on any atom is 0.295 e. The van der Waals surface area contributed by atoms with Gasteiger partial charge in [0.2, 0.25) is 0 Å². The summed E-state index contributed by atoms with van der Waals surface area (Å²) in [6.07, 6.45) is 0.390. The Morgan fingerprint density at radius 1 is 1.06 bits per heavy atom. The first-order valence-corrected chi connectivity index (χ1v) is 10.4. The number of ether oxygens (including phenoxy) is 2. The van der Waals surface area contributed by atoms with E-state index in [1.165, 1.54) is 10.9 Å². The summed E-state index contributed by atoms with van der Waals surface area (Å²) in [5, 5.41) is 14.3. The molecule has 0 radical (unpaired) electrons. The number of hydrogen-bond donors (Lipinski definition) is 1. The van der Waals surface area contributed by atoms with Crippen LogP contribution in [0.25, 0.3) is 11.0 Å². The van der Waals surface area contributed by atoms with Gasteiger partial charge in [-0.15, -0.1) is 0 Å². The maximum atomic E-state index is 13.6. The fraction of sp³-hybridized carbons (Fsp3) is 0.476. The van der Waals surface area contributed by atoms with Crippen LogP contribution in [0.1, 0.15) is 25.4 Å². The van der Waals surface area contributed by atoms with Crippen LogP contribution in [0.3, 0.4) is 0 Å². The fourth-order valence-electron chi connectivity index (χ4n) is 3.91. The van der Waals surface area contributed by atoms with Crippen molar-refractivity contribution in [3.05, 3.63) is 54.9 Å². The highest BCUT2D eigenvalue weighted by molar-refractivity contribution is 5.76. The molecule has 2 fully saturated rings. The molecule has 0 bridgehead atoms.